The topological polar surface area (TPSA) is 25.8 Å². The summed E-state index contributed by atoms with van der Waals surface area (Å²) in [5, 5.41) is 6.22. The maximum Gasteiger partial charge on any atom is 0.160 e. The van der Waals surface area contributed by atoms with Crippen molar-refractivity contribution in [3.8, 4) is 0 Å². The van der Waals surface area contributed by atoms with Gasteiger partial charge in [0.25, 0.3) is 0 Å². The first-order valence-electron chi connectivity index (χ1n) is 12.0. The van der Waals surface area contributed by atoms with Crippen LogP contribution in [0.15, 0.2) is 146 Å². The van der Waals surface area contributed by atoms with Crippen molar-refractivity contribution >= 4 is 59.0 Å². The molecule has 0 radical (unpaired) electrons. The summed E-state index contributed by atoms with van der Waals surface area (Å²) in [5.41, 5.74) is 2.95. The smallest absolute Gasteiger partial charge is 0.160 e. The van der Waals surface area contributed by atoms with Crippen LogP contribution in [0.3, 0.4) is 0 Å². The Morgan fingerprint density at radius 2 is 0.639 bits per heavy atom. The largest absolute Gasteiger partial charge is 0.228 e. The molecule has 0 aliphatic carbocycles. The number of nitrogens with zero attached hydrogens (tertiary/aromatic N) is 2. The molecule has 0 saturated carbocycles. The Balaban J connectivity index is 1.49. The van der Waals surface area contributed by atoms with Gasteiger partial charge < -0.3 is 0 Å². The van der Waals surface area contributed by atoms with Crippen molar-refractivity contribution in [2.45, 2.75) is 0 Å². The first-order valence-corrected chi connectivity index (χ1v) is 14.6. The summed E-state index contributed by atoms with van der Waals surface area (Å²) in [6.45, 7) is 0. The zero-order valence-corrected chi connectivity index (χ0v) is 21.4. The van der Waals surface area contributed by atoms with Crippen molar-refractivity contribution in [2.75, 3.05) is 0 Å². The molecule has 0 atom stereocenters. The lowest BCUT2D eigenvalue weighted by atomic mass is 10.3. The molecule has 0 aliphatic rings. The minimum Gasteiger partial charge on any atom is -0.228 e. The number of benzene rings is 4. The molecule has 2 nitrogen and oxygen atoms in total. The van der Waals surface area contributed by atoms with Crippen LogP contribution >= 0.6 is 15.8 Å². The van der Waals surface area contributed by atoms with E-state index in [1.165, 1.54) is 21.2 Å². The quantitative estimate of drug-likeness (QED) is 0.297. The van der Waals surface area contributed by atoms with E-state index in [0.29, 0.717) is 0 Å². The number of pyridine rings is 2. The molecule has 4 heteroatoms. The second kappa shape index (κ2) is 10.5. The van der Waals surface area contributed by atoms with Crippen molar-refractivity contribution in [3.05, 3.63) is 146 Å². The lowest BCUT2D eigenvalue weighted by molar-refractivity contribution is 1.35. The van der Waals surface area contributed by atoms with E-state index in [1.807, 2.05) is 0 Å². The van der Waals surface area contributed by atoms with Gasteiger partial charge in [0.2, 0.25) is 0 Å². The van der Waals surface area contributed by atoms with Gasteiger partial charge in [0.1, 0.15) is 0 Å². The third kappa shape index (κ3) is 4.71. The summed E-state index contributed by atoms with van der Waals surface area (Å²) in [4.78, 5) is 10.4. The zero-order chi connectivity index (χ0) is 24.2. The Kier molecular flexibility index (Phi) is 6.64. The highest BCUT2D eigenvalue weighted by Gasteiger charge is 2.21. The maximum atomic E-state index is 5.19. The minimum absolute atomic E-state index is 0.778. The molecule has 4 aromatic carbocycles. The number of hydrogen-bond acceptors (Lipinski definition) is 2. The highest BCUT2D eigenvalue weighted by atomic mass is 31.1. The van der Waals surface area contributed by atoms with E-state index in [1.54, 1.807) is 0 Å². The molecule has 0 fully saturated rings. The van der Waals surface area contributed by atoms with Crippen molar-refractivity contribution in [1.82, 2.24) is 9.97 Å². The minimum atomic E-state index is -0.778. The molecule has 36 heavy (non-hydrogen) atoms. The van der Waals surface area contributed by atoms with Crippen molar-refractivity contribution in [3.63, 3.8) is 0 Å². The van der Waals surface area contributed by atoms with Crippen LogP contribution in [0.1, 0.15) is 0 Å². The van der Waals surface area contributed by atoms with Crippen LogP contribution in [0, 0.1) is 0 Å². The first-order chi connectivity index (χ1) is 17.9. The molecule has 6 aromatic rings. The molecular weight excluding hydrogens is 474 g/mol. The van der Waals surface area contributed by atoms with Crippen LogP contribution in [0.5, 0.6) is 0 Å². The zero-order valence-electron chi connectivity index (χ0n) is 19.6. The third-order valence-corrected chi connectivity index (χ3v) is 10.7. The highest BCUT2D eigenvalue weighted by molar-refractivity contribution is 7.80. The number of aromatic nitrogens is 2. The van der Waals surface area contributed by atoms with Gasteiger partial charge in [0, 0.05) is 21.2 Å². The summed E-state index contributed by atoms with van der Waals surface area (Å²) in [6.07, 6.45) is 0. The summed E-state index contributed by atoms with van der Waals surface area (Å²) in [6, 6.07) is 51.5. The monoisotopic (exact) mass is 498 g/mol. The molecular formula is C32H24N2P2. The standard InChI is InChI=1S/C32H24N2P2/c1-5-13-26(14-6-1)35(27-15-7-2-8-16-27)30-23-21-25-22-24-31(34-32(25)33-30)36(28-17-9-3-10-18-28)29-19-11-4-12-20-29/h1-24H. The Labute approximate surface area is 214 Å². The first kappa shape index (κ1) is 22.7. The fraction of sp³-hybridized carbons (Fsp3) is 0. The van der Waals surface area contributed by atoms with E-state index in [-0.39, 0.29) is 0 Å². The maximum absolute atomic E-state index is 5.19. The summed E-state index contributed by atoms with van der Waals surface area (Å²) < 4.78 is 0. The molecule has 0 unspecified atom stereocenters. The van der Waals surface area contributed by atoms with Crippen LogP contribution in [-0.4, -0.2) is 9.97 Å². The van der Waals surface area contributed by atoms with E-state index in [4.69, 9.17) is 9.97 Å². The van der Waals surface area contributed by atoms with Gasteiger partial charge in [-0.15, -0.1) is 0 Å². The lowest BCUT2D eigenvalue weighted by Crippen LogP contribution is -2.25. The summed E-state index contributed by atoms with van der Waals surface area (Å²) >= 11 is 0. The van der Waals surface area contributed by atoms with Crippen LogP contribution < -0.4 is 32.1 Å². The second-order valence-corrected chi connectivity index (χ2v) is 12.7. The Hall–Kier alpha value is -3.70. The predicted octanol–water partition coefficient (Wildman–Crippen LogP) is 5.15. The third-order valence-electron chi connectivity index (χ3n) is 6.04. The SMILES string of the molecule is c1ccc(P(c2ccccc2)c2ccc3ccc(P(c4ccccc4)c4ccccc4)nc3n2)cc1. The molecule has 0 saturated heterocycles. The van der Waals surface area contributed by atoms with Gasteiger partial charge in [-0.2, -0.15) is 0 Å². The van der Waals surface area contributed by atoms with E-state index in [9.17, 15) is 0 Å². The fourth-order valence-electron chi connectivity index (χ4n) is 4.36. The van der Waals surface area contributed by atoms with E-state index in [0.717, 1.165) is 21.9 Å². The fourth-order valence-corrected chi connectivity index (χ4v) is 8.74. The number of hydrogen-bond donors (Lipinski definition) is 0. The Morgan fingerprint density at radius 1 is 0.333 bits per heavy atom. The predicted molar refractivity (Wildman–Crippen MR) is 157 cm³/mol. The van der Waals surface area contributed by atoms with Gasteiger partial charge in [-0.1, -0.05) is 121 Å². The van der Waals surface area contributed by atoms with Gasteiger partial charge in [-0.3, -0.25) is 0 Å². The summed E-state index contributed by atoms with van der Waals surface area (Å²) in [7, 11) is -1.56. The van der Waals surface area contributed by atoms with Crippen molar-refractivity contribution in [2.24, 2.45) is 0 Å². The van der Waals surface area contributed by atoms with E-state index in [2.05, 4.69) is 146 Å². The normalized spacial score (nSPS) is 11.3. The molecule has 0 aliphatic heterocycles. The second-order valence-electron chi connectivity index (χ2n) is 8.40. The average molecular weight is 499 g/mol. The number of fused-ring (bicyclic) bond motifs is 1. The van der Waals surface area contributed by atoms with E-state index >= 15 is 0 Å². The van der Waals surface area contributed by atoms with Crippen molar-refractivity contribution in [1.29, 1.82) is 0 Å². The van der Waals surface area contributed by atoms with Crippen LogP contribution in [0.2, 0.25) is 0 Å². The van der Waals surface area contributed by atoms with Gasteiger partial charge in [0.15, 0.2) is 5.65 Å². The molecule has 6 rings (SSSR count). The van der Waals surface area contributed by atoms with Gasteiger partial charge in [-0.25, -0.2) is 9.97 Å². The van der Waals surface area contributed by atoms with Gasteiger partial charge >= 0.3 is 0 Å². The molecule has 172 valence electrons. The van der Waals surface area contributed by atoms with Crippen LogP contribution in [0.4, 0.5) is 0 Å². The molecule has 0 N–H and O–H groups in total. The van der Waals surface area contributed by atoms with E-state index < -0.39 is 15.8 Å². The molecule has 0 spiro atoms. The Morgan fingerprint density at radius 3 is 0.944 bits per heavy atom. The molecule has 0 bridgehead atoms. The van der Waals surface area contributed by atoms with Crippen LogP contribution in [0.25, 0.3) is 11.0 Å². The van der Waals surface area contributed by atoms with Crippen molar-refractivity contribution < 1.29 is 0 Å². The average Bonchev–Trinajstić information content (AvgIpc) is 2.96. The molecule has 2 aromatic heterocycles. The molecule has 0 amide bonds. The van der Waals surface area contributed by atoms with Crippen LogP contribution in [-0.2, 0) is 0 Å². The number of rotatable bonds is 6. The molecule has 2 heterocycles. The lowest BCUT2D eigenvalue weighted by Gasteiger charge is -2.20. The van der Waals surface area contributed by atoms with Gasteiger partial charge in [-0.05, 0) is 45.5 Å². The summed E-state index contributed by atoms with van der Waals surface area (Å²) in [5.74, 6) is 0. The van der Waals surface area contributed by atoms with Gasteiger partial charge in [0.05, 0.1) is 10.9 Å². The highest BCUT2D eigenvalue weighted by Crippen LogP contribution is 2.34. The Bertz CT molecular complexity index is 1380.